The summed E-state index contributed by atoms with van der Waals surface area (Å²) in [6.45, 7) is 3.18. The topological polar surface area (TPSA) is 210 Å². The van der Waals surface area contributed by atoms with Gasteiger partial charge in [-0.15, -0.1) is 0 Å². The lowest BCUT2D eigenvalue weighted by molar-refractivity contribution is -0.220. The molecule has 0 amide bonds. The quantitative estimate of drug-likeness (QED) is 0.0147. The predicted octanol–water partition coefficient (Wildman–Crippen LogP) is 9.56. The second-order valence-corrected chi connectivity index (χ2v) is 18.0. The third-order valence-electron chi connectivity index (χ3n) is 10.9. The van der Waals surface area contributed by atoms with Crippen LogP contribution in [0.1, 0.15) is 187 Å². The molecule has 1 rings (SSSR count). The fraction of sp³-hybridized carbons (Fsp3) is 0.792. The number of ether oxygens (including phenoxy) is 2. The maximum Gasteiger partial charge on any atom is 0.472 e. The first-order valence-electron chi connectivity index (χ1n) is 23.9. The Morgan fingerprint density at radius 1 is 0.516 bits per heavy atom. The number of hydrogen-bond donors (Lipinski definition) is 6. The highest BCUT2D eigenvalue weighted by Crippen LogP contribution is 2.47. The Morgan fingerprint density at radius 3 is 1.40 bits per heavy atom. The van der Waals surface area contributed by atoms with Gasteiger partial charge in [-0.1, -0.05) is 172 Å². The van der Waals surface area contributed by atoms with Crippen LogP contribution in [-0.4, -0.2) is 98.3 Å². The summed E-state index contributed by atoms with van der Waals surface area (Å²) in [6, 6.07) is 0. The maximum absolute atomic E-state index is 12.8. The highest BCUT2D eigenvalue weighted by Gasteiger charge is 2.51. The Morgan fingerprint density at radius 2 is 0.919 bits per heavy atom. The summed E-state index contributed by atoms with van der Waals surface area (Å²) < 4.78 is 33.5. The molecule has 1 fully saturated rings. The zero-order chi connectivity index (χ0) is 45.7. The van der Waals surface area contributed by atoms with Gasteiger partial charge in [-0.3, -0.25) is 18.6 Å². The molecule has 14 heteroatoms. The van der Waals surface area contributed by atoms with E-state index in [2.05, 4.69) is 62.5 Å². The number of carbonyl (C=O) groups is 2. The molecule has 0 saturated heterocycles. The molecule has 6 atom stereocenters. The van der Waals surface area contributed by atoms with Gasteiger partial charge < -0.3 is 39.9 Å². The summed E-state index contributed by atoms with van der Waals surface area (Å²) in [5.74, 6) is -1.12. The second kappa shape index (κ2) is 38.1. The minimum atomic E-state index is -5.13. The van der Waals surface area contributed by atoms with E-state index in [0.717, 1.165) is 70.6 Å². The van der Waals surface area contributed by atoms with Crippen molar-refractivity contribution in [3.8, 4) is 0 Å². The maximum atomic E-state index is 12.8. The van der Waals surface area contributed by atoms with Crippen LogP contribution in [0, 0.1) is 0 Å². The molecule has 360 valence electrons. The van der Waals surface area contributed by atoms with Crippen LogP contribution in [-0.2, 0) is 32.7 Å². The van der Waals surface area contributed by atoms with Gasteiger partial charge in [-0.2, -0.15) is 0 Å². The van der Waals surface area contributed by atoms with Crippen LogP contribution < -0.4 is 0 Å². The van der Waals surface area contributed by atoms with Crippen LogP contribution in [0.4, 0.5) is 0 Å². The van der Waals surface area contributed by atoms with Gasteiger partial charge in [0.05, 0.1) is 6.61 Å². The van der Waals surface area contributed by atoms with Crippen LogP contribution in [0.5, 0.6) is 0 Å². The molecule has 0 bridgehead atoms. The molecule has 1 saturated carbocycles. The molecule has 1 aliphatic carbocycles. The van der Waals surface area contributed by atoms with Crippen molar-refractivity contribution in [2.24, 2.45) is 0 Å². The van der Waals surface area contributed by atoms with Gasteiger partial charge in [-0.05, 0) is 51.4 Å². The molecule has 62 heavy (non-hydrogen) atoms. The fourth-order valence-corrected chi connectivity index (χ4v) is 8.07. The van der Waals surface area contributed by atoms with E-state index in [0.29, 0.717) is 12.8 Å². The summed E-state index contributed by atoms with van der Waals surface area (Å²) in [6.07, 6.45) is 31.6. The van der Waals surface area contributed by atoms with Crippen LogP contribution in [0.15, 0.2) is 48.6 Å². The van der Waals surface area contributed by atoms with E-state index in [-0.39, 0.29) is 12.8 Å². The van der Waals surface area contributed by atoms with Crippen molar-refractivity contribution in [2.45, 2.75) is 230 Å². The Kier molecular flexibility index (Phi) is 35.5. The summed E-state index contributed by atoms with van der Waals surface area (Å²) in [5.41, 5.74) is 0. The number of unbranched alkanes of at least 4 members (excludes halogenated alkanes) is 19. The molecule has 0 heterocycles. The molecule has 6 N–H and O–H groups in total. The van der Waals surface area contributed by atoms with Crippen LogP contribution >= 0.6 is 7.82 Å². The minimum Gasteiger partial charge on any atom is -0.462 e. The molecule has 0 aliphatic heterocycles. The molecule has 0 spiro atoms. The van der Waals surface area contributed by atoms with Gasteiger partial charge >= 0.3 is 19.8 Å². The van der Waals surface area contributed by atoms with Crippen molar-refractivity contribution in [1.29, 1.82) is 0 Å². The average molecular weight is 901 g/mol. The van der Waals surface area contributed by atoms with E-state index in [4.69, 9.17) is 18.5 Å². The van der Waals surface area contributed by atoms with Gasteiger partial charge in [0.15, 0.2) is 6.10 Å². The minimum absolute atomic E-state index is 0.0689. The smallest absolute Gasteiger partial charge is 0.462 e. The number of aliphatic hydroxyl groups is 5. The number of phosphoric ester groups is 1. The van der Waals surface area contributed by atoms with E-state index in [1.807, 2.05) is 0 Å². The van der Waals surface area contributed by atoms with Gasteiger partial charge in [0.25, 0.3) is 0 Å². The second-order valence-electron chi connectivity index (χ2n) is 16.6. The molecule has 0 aromatic heterocycles. The lowest BCUT2D eigenvalue weighted by atomic mass is 9.85. The zero-order valence-corrected chi connectivity index (χ0v) is 39.0. The average Bonchev–Trinajstić information content (AvgIpc) is 3.25. The standard InChI is InChI=1S/C48H85O13P/c1-3-5-7-9-11-13-15-17-19-21-23-25-27-29-31-33-35-37-42(50)60-40(39-59-62(56,57)61-48-46(54)44(52)43(51)45(53)47(48)55)38-58-41(49)36-34-32-30-28-26-24-22-20-18-16-14-12-10-8-6-4-2/h5,7,11,13,17,19,23,25,40,43-48,51-55H,3-4,6,8-10,12,14-16,18,20-22,24,26-39H2,1-2H3,(H,56,57)/b7-5-,13-11-,19-17-,25-23-. The number of aliphatic hydroxyl groups excluding tert-OH is 5. The number of esters is 2. The normalized spacial score (nSPS) is 22.3. The largest absolute Gasteiger partial charge is 0.472 e. The highest BCUT2D eigenvalue weighted by molar-refractivity contribution is 7.47. The van der Waals surface area contributed by atoms with Gasteiger partial charge in [0, 0.05) is 12.8 Å². The monoisotopic (exact) mass is 901 g/mol. The van der Waals surface area contributed by atoms with Crippen molar-refractivity contribution in [3.05, 3.63) is 48.6 Å². The SMILES string of the molecule is CC/C=C\C/C=C\C/C=C\C/C=C\CCCCCCC(=O)OC(COC(=O)CCCCCCCCCCCCCCCCCC)COP(=O)(O)OC1C(O)C(O)C(O)C(O)C1O. The van der Waals surface area contributed by atoms with Crippen LogP contribution in [0.2, 0.25) is 0 Å². The van der Waals surface area contributed by atoms with Crippen LogP contribution in [0.3, 0.4) is 0 Å². The van der Waals surface area contributed by atoms with Crippen molar-refractivity contribution < 1.29 is 63.1 Å². The molecule has 0 aromatic carbocycles. The van der Waals surface area contributed by atoms with Gasteiger partial charge in [0.2, 0.25) is 0 Å². The Bertz CT molecular complexity index is 1270. The first-order chi connectivity index (χ1) is 29.9. The van der Waals surface area contributed by atoms with Crippen molar-refractivity contribution in [1.82, 2.24) is 0 Å². The summed E-state index contributed by atoms with van der Waals surface area (Å²) in [4.78, 5) is 35.7. The Balaban J connectivity index is 2.46. The number of hydrogen-bond acceptors (Lipinski definition) is 12. The van der Waals surface area contributed by atoms with E-state index >= 15 is 0 Å². The number of rotatable bonds is 39. The van der Waals surface area contributed by atoms with Gasteiger partial charge in [0.1, 0.15) is 43.2 Å². The predicted molar refractivity (Wildman–Crippen MR) is 244 cm³/mol. The Labute approximate surface area is 373 Å². The molecule has 1 aliphatic rings. The number of allylic oxidation sites excluding steroid dienone is 8. The van der Waals surface area contributed by atoms with E-state index in [1.54, 1.807) is 0 Å². The molecule has 13 nitrogen and oxygen atoms in total. The van der Waals surface area contributed by atoms with Gasteiger partial charge in [-0.25, -0.2) is 4.57 Å². The third-order valence-corrected chi connectivity index (χ3v) is 11.9. The van der Waals surface area contributed by atoms with E-state index < -0.39 is 75.7 Å². The molecule has 0 radical (unpaired) electrons. The number of phosphoric acid groups is 1. The summed E-state index contributed by atoms with van der Waals surface area (Å²) in [7, 11) is -5.13. The molecule has 0 aromatic rings. The van der Waals surface area contributed by atoms with E-state index in [1.165, 1.54) is 77.0 Å². The molecular formula is C48H85O13P. The van der Waals surface area contributed by atoms with Crippen molar-refractivity contribution >= 4 is 19.8 Å². The lowest BCUT2D eigenvalue weighted by Crippen LogP contribution is -2.64. The number of carbonyl (C=O) groups excluding carboxylic acids is 2. The molecule has 6 unspecified atom stereocenters. The lowest BCUT2D eigenvalue weighted by Gasteiger charge is -2.41. The summed E-state index contributed by atoms with van der Waals surface area (Å²) in [5, 5.41) is 50.2. The van der Waals surface area contributed by atoms with Crippen molar-refractivity contribution in [3.63, 3.8) is 0 Å². The first kappa shape index (κ1) is 57.8. The van der Waals surface area contributed by atoms with Crippen molar-refractivity contribution in [2.75, 3.05) is 13.2 Å². The third kappa shape index (κ3) is 30.0. The fourth-order valence-electron chi connectivity index (χ4n) is 7.10. The first-order valence-corrected chi connectivity index (χ1v) is 25.4. The highest BCUT2D eigenvalue weighted by atomic mass is 31.2. The Hall–Kier alpha value is -2.19. The summed E-state index contributed by atoms with van der Waals surface area (Å²) >= 11 is 0. The van der Waals surface area contributed by atoms with Crippen LogP contribution in [0.25, 0.3) is 0 Å². The van der Waals surface area contributed by atoms with E-state index in [9.17, 15) is 44.6 Å². The zero-order valence-electron chi connectivity index (χ0n) is 38.2. The molecular weight excluding hydrogens is 815 g/mol.